The highest BCUT2D eigenvalue weighted by Crippen LogP contribution is 2.33. The van der Waals surface area contributed by atoms with Gasteiger partial charge in [0.15, 0.2) is 5.82 Å². The fourth-order valence-electron chi connectivity index (χ4n) is 3.26. The number of halogens is 3. The molecule has 2 aromatic carbocycles. The minimum absolute atomic E-state index is 0.118. The van der Waals surface area contributed by atoms with Crippen molar-refractivity contribution >= 4 is 60.8 Å². The second-order valence-electron chi connectivity index (χ2n) is 6.34. The van der Waals surface area contributed by atoms with E-state index in [1.807, 2.05) is 24.3 Å². The van der Waals surface area contributed by atoms with Gasteiger partial charge >= 0.3 is 5.63 Å². The van der Waals surface area contributed by atoms with Gasteiger partial charge in [-0.1, -0.05) is 47.5 Å². The maximum Gasteiger partial charge on any atom is 0.347 e. The van der Waals surface area contributed by atoms with Crippen molar-refractivity contribution in [1.29, 1.82) is 0 Å². The minimum atomic E-state index is -0.520. The van der Waals surface area contributed by atoms with Crippen molar-refractivity contribution in [1.82, 2.24) is 14.5 Å². The molecule has 142 valence electrons. The van der Waals surface area contributed by atoms with Crippen molar-refractivity contribution in [3.8, 4) is 17.4 Å². The molecule has 5 rings (SSSR count). The predicted molar refractivity (Wildman–Crippen MR) is 118 cm³/mol. The van der Waals surface area contributed by atoms with Crippen molar-refractivity contribution in [3.63, 3.8) is 0 Å². The molecule has 29 heavy (non-hydrogen) atoms. The van der Waals surface area contributed by atoms with Crippen LogP contribution in [0.4, 0.5) is 0 Å². The molecule has 0 unspecified atom stereocenters. The average molecular weight is 487 g/mol. The maximum absolute atomic E-state index is 12.8. The normalized spacial score (nSPS) is 11.4. The number of rotatable bonds is 2. The lowest BCUT2D eigenvalue weighted by molar-refractivity contribution is 0.515. The van der Waals surface area contributed by atoms with E-state index in [9.17, 15) is 4.79 Å². The predicted octanol–water partition coefficient (Wildman–Crippen LogP) is 6.26. The van der Waals surface area contributed by atoms with Crippen LogP contribution >= 0.6 is 39.1 Å². The summed E-state index contributed by atoms with van der Waals surface area (Å²) in [6.07, 6.45) is 3.41. The molecule has 3 heterocycles. The summed E-state index contributed by atoms with van der Waals surface area (Å²) in [5.74, 6) is 0.608. The first-order valence-corrected chi connectivity index (χ1v) is 10.1. The van der Waals surface area contributed by atoms with Crippen LogP contribution in [-0.2, 0) is 0 Å². The molecule has 0 saturated carbocycles. The smallest absolute Gasteiger partial charge is 0.347 e. The first-order valence-electron chi connectivity index (χ1n) is 8.54. The third kappa shape index (κ3) is 3.04. The van der Waals surface area contributed by atoms with Gasteiger partial charge in [0.05, 0.1) is 15.4 Å². The van der Waals surface area contributed by atoms with Crippen molar-refractivity contribution in [2.24, 2.45) is 0 Å². The molecule has 0 saturated heterocycles. The number of pyridine rings is 1. The van der Waals surface area contributed by atoms with Gasteiger partial charge in [-0.3, -0.25) is 4.57 Å². The summed E-state index contributed by atoms with van der Waals surface area (Å²) in [4.78, 5) is 21.7. The zero-order valence-electron chi connectivity index (χ0n) is 14.6. The van der Waals surface area contributed by atoms with E-state index in [1.54, 1.807) is 41.2 Å². The molecule has 8 heteroatoms. The quantitative estimate of drug-likeness (QED) is 0.276. The summed E-state index contributed by atoms with van der Waals surface area (Å²) in [5.41, 5.74) is 0.377. The number of hydrogen-bond acceptors (Lipinski definition) is 4. The van der Waals surface area contributed by atoms with Crippen molar-refractivity contribution in [3.05, 3.63) is 85.9 Å². The molecule has 0 N–H and O–H groups in total. The van der Waals surface area contributed by atoms with Crippen LogP contribution in [0.15, 0.2) is 74.6 Å². The van der Waals surface area contributed by atoms with Crippen LogP contribution in [0.1, 0.15) is 0 Å². The Morgan fingerprint density at radius 3 is 2.69 bits per heavy atom. The van der Waals surface area contributed by atoms with Gasteiger partial charge in [-0.2, -0.15) is 0 Å². The number of aromatic nitrogens is 3. The zero-order valence-corrected chi connectivity index (χ0v) is 17.7. The average Bonchev–Trinajstić information content (AvgIpc) is 3.11. The second kappa shape index (κ2) is 6.99. The van der Waals surface area contributed by atoms with Gasteiger partial charge in [-0.25, -0.2) is 14.8 Å². The van der Waals surface area contributed by atoms with Gasteiger partial charge in [0.2, 0.25) is 5.89 Å². The Morgan fingerprint density at radius 2 is 1.86 bits per heavy atom. The molecule has 0 amide bonds. The fourth-order valence-corrected chi connectivity index (χ4v) is 4.21. The van der Waals surface area contributed by atoms with E-state index in [-0.39, 0.29) is 5.89 Å². The molecule has 0 aliphatic heterocycles. The standard InChI is InChI=1S/C21H10BrCl2N3O2/c22-12-9-16(27(10-12)19-15(23)6-3-7-25-19)20-26-18-14(21(28)29-20)8-11-4-1-2-5-13(11)17(18)24/h1-10H. The summed E-state index contributed by atoms with van der Waals surface area (Å²) in [7, 11) is 0. The lowest BCUT2D eigenvalue weighted by Crippen LogP contribution is -2.06. The van der Waals surface area contributed by atoms with E-state index in [2.05, 4.69) is 25.9 Å². The van der Waals surface area contributed by atoms with Crippen LogP contribution in [0, 0.1) is 0 Å². The monoisotopic (exact) mass is 485 g/mol. The molecule has 0 spiro atoms. The molecular weight excluding hydrogens is 477 g/mol. The van der Waals surface area contributed by atoms with Crippen molar-refractivity contribution < 1.29 is 4.42 Å². The van der Waals surface area contributed by atoms with E-state index < -0.39 is 5.63 Å². The summed E-state index contributed by atoms with van der Waals surface area (Å²) in [6.45, 7) is 0. The van der Waals surface area contributed by atoms with Gasteiger partial charge in [0, 0.05) is 22.3 Å². The molecule has 3 aromatic heterocycles. The second-order valence-corrected chi connectivity index (χ2v) is 8.04. The highest BCUT2D eigenvalue weighted by atomic mass is 79.9. The van der Waals surface area contributed by atoms with Gasteiger partial charge < -0.3 is 4.42 Å². The van der Waals surface area contributed by atoms with Crippen molar-refractivity contribution in [2.45, 2.75) is 0 Å². The Morgan fingerprint density at radius 1 is 1.03 bits per heavy atom. The van der Waals surface area contributed by atoms with Crippen LogP contribution in [-0.4, -0.2) is 14.5 Å². The van der Waals surface area contributed by atoms with Crippen molar-refractivity contribution in [2.75, 3.05) is 0 Å². The zero-order chi connectivity index (χ0) is 20.1. The molecule has 5 aromatic rings. The first kappa shape index (κ1) is 18.4. The number of nitrogens with zero attached hydrogens (tertiary/aromatic N) is 3. The van der Waals surface area contributed by atoms with Gasteiger partial charge in [-0.15, -0.1) is 0 Å². The molecule has 0 aliphatic carbocycles. The SMILES string of the molecule is O=c1oc(-c2cc(Br)cn2-c2ncccc2Cl)nc2c(Cl)c3ccccc3cc12. The molecule has 5 nitrogen and oxygen atoms in total. The van der Waals surface area contributed by atoms with Crippen LogP contribution in [0.3, 0.4) is 0 Å². The Bertz CT molecular complexity index is 1480. The van der Waals surface area contributed by atoms with E-state index >= 15 is 0 Å². The molecule has 0 aliphatic rings. The first-order chi connectivity index (χ1) is 14.0. The van der Waals surface area contributed by atoms with E-state index in [0.717, 1.165) is 15.2 Å². The molecule has 0 radical (unpaired) electrons. The number of hydrogen-bond donors (Lipinski definition) is 0. The molecule has 0 bridgehead atoms. The number of benzene rings is 2. The Kier molecular flexibility index (Phi) is 4.42. The Labute approximate surface area is 182 Å². The summed E-state index contributed by atoms with van der Waals surface area (Å²) in [5, 5.41) is 2.84. The van der Waals surface area contributed by atoms with Crippen LogP contribution in [0.25, 0.3) is 39.1 Å². The van der Waals surface area contributed by atoms with Crippen LogP contribution in [0.2, 0.25) is 10.0 Å². The van der Waals surface area contributed by atoms with E-state index in [0.29, 0.717) is 32.5 Å². The fraction of sp³-hybridized carbons (Fsp3) is 0. The highest BCUT2D eigenvalue weighted by Gasteiger charge is 2.19. The minimum Gasteiger partial charge on any atom is -0.401 e. The largest absolute Gasteiger partial charge is 0.401 e. The lowest BCUT2D eigenvalue weighted by atomic mass is 10.1. The highest BCUT2D eigenvalue weighted by molar-refractivity contribution is 9.10. The maximum atomic E-state index is 12.8. The van der Waals surface area contributed by atoms with Gasteiger partial charge in [-0.05, 0) is 45.6 Å². The Balaban J connectivity index is 1.81. The molecule has 0 fully saturated rings. The van der Waals surface area contributed by atoms with Gasteiger partial charge in [0.1, 0.15) is 11.2 Å². The molecule has 0 atom stereocenters. The Hall–Kier alpha value is -2.67. The summed E-state index contributed by atoms with van der Waals surface area (Å²) >= 11 is 16.4. The lowest BCUT2D eigenvalue weighted by Gasteiger charge is -2.10. The van der Waals surface area contributed by atoms with Gasteiger partial charge in [0.25, 0.3) is 0 Å². The van der Waals surface area contributed by atoms with E-state index in [4.69, 9.17) is 27.6 Å². The van der Waals surface area contributed by atoms with Crippen LogP contribution in [0.5, 0.6) is 0 Å². The molecular formula is C21H10BrCl2N3O2. The topological polar surface area (TPSA) is 60.9 Å². The summed E-state index contributed by atoms with van der Waals surface area (Å²) < 4.78 is 8.02. The third-order valence-corrected chi connectivity index (χ3v) is 5.67. The third-order valence-electron chi connectivity index (χ3n) is 4.56. The van der Waals surface area contributed by atoms with E-state index in [1.165, 1.54) is 0 Å². The van der Waals surface area contributed by atoms with Crippen LogP contribution < -0.4 is 5.63 Å². The number of fused-ring (bicyclic) bond motifs is 2. The summed E-state index contributed by atoms with van der Waals surface area (Å²) in [6, 6.07) is 14.5.